The molecule has 36 heavy (non-hydrogen) atoms. The molecule has 0 bridgehead atoms. The number of nitrogens with zero attached hydrogens (tertiary/aromatic N) is 1. The molecular weight excluding hydrogens is 454 g/mol. The Hall–Kier alpha value is -3.87. The Balaban J connectivity index is 1.88. The first-order valence-electron chi connectivity index (χ1n) is 12.0. The molecule has 3 aromatic rings. The van der Waals surface area contributed by atoms with Crippen LogP contribution in [0.3, 0.4) is 0 Å². The number of hydrogen-bond acceptors (Lipinski definition) is 4. The maximum Gasteiger partial charge on any atom is 0.408 e. The van der Waals surface area contributed by atoms with Crippen LogP contribution in [0.5, 0.6) is 0 Å². The summed E-state index contributed by atoms with van der Waals surface area (Å²) in [6.07, 6.45) is -0.694. The predicted molar refractivity (Wildman–Crippen MR) is 143 cm³/mol. The van der Waals surface area contributed by atoms with E-state index in [9.17, 15) is 14.4 Å². The van der Waals surface area contributed by atoms with Crippen LogP contribution in [0.2, 0.25) is 0 Å². The lowest BCUT2D eigenvalue weighted by atomic mass is 9.98. The molecule has 190 valence electrons. The predicted octanol–water partition coefficient (Wildman–Crippen LogP) is 5.51. The molecule has 0 aliphatic rings. The first-order chi connectivity index (χ1) is 16.9. The number of anilines is 1. The number of hydrogen-bond donors (Lipinski definition) is 2. The summed E-state index contributed by atoms with van der Waals surface area (Å²) in [7, 11) is 1.56. The molecule has 0 spiro atoms. The Morgan fingerprint density at radius 3 is 2.19 bits per heavy atom. The number of nitrogens with one attached hydrogen (secondary N) is 2. The zero-order valence-electron chi connectivity index (χ0n) is 22.0. The summed E-state index contributed by atoms with van der Waals surface area (Å²) in [5, 5.41) is 7.60. The number of fused-ring (bicyclic) bond motifs is 1. The molecular formula is C29H35N3O4. The van der Waals surface area contributed by atoms with Gasteiger partial charge in [-0.2, -0.15) is 0 Å². The average molecular weight is 490 g/mol. The van der Waals surface area contributed by atoms with E-state index in [0.29, 0.717) is 11.3 Å². The van der Waals surface area contributed by atoms with Gasteiger partial charge >= 0.3 is 6.09 Å². The van der Waals surface area contributed by atoms with Gasteiger partial charge in [-0.1, -0.05) is 48.5 Å². The van der Waals surface area contributed by atoms with Gasteiger partial charge in [-0.15, -0.1) is 0 Å². The summed E-state index contributed by atoms with van der Waals surface area (Å²) in [4.78, 5) is 40.5. The third kappa shape index (κ3) is 6.62. The highest BCUT2D eigenvalue weighted by atomic mass is 16.6. The van der Waals surface area contributed by atoms with Crippen LogP contribution < -0.4 is 10.6 Å². The number of rotatable bonds is 6. The van der Waals surface area contributed by atoms with E-state index in [4.69, 9.17) is 4.74 Å². The summed E-state index contributed by atoms with van der Waals surface area (Å²) in [6.45, 7) is 10.8. The number of likely N-dealkylation sites (N-methyl/N-ethyl adjacent to an activating group) is 1. The number of aryl methyl sites for hydroxylation is 2. The largest absolute Gasteiger partial charge is 0.444 e. The lowest BCUT2D eigenvalue weighted by Crippen LogP contribution is -2.49. The second-order valence-electron chi connectivity index (χ2n) is 10.1. The van der Waals surface area contributed by atoms with E-state index >= 15 is 0 Å². The summed E-state index contributed by atoms with van der Waals surface area (Å²) < 4.78 is 5.27. The van der Waals surface area contributed by atoms with Crippen LogP contribution in [-0.2, 0) is 14.3 Å². The quantitative estimate of drug-likeness (QED) is 0.478. The maximum absolute atomic E-state index is 13.6. The van der Waals surface area contributed by atoms with E-state index in [1.54, 1.807) is 34.7 Å². The average Bonchev–Trinajstić information content (AvgIpc) is 2.79. The van der Waals surface area contributed by atoms with Crippen LogP contribution in [-0.4, -0.2) is 41.5 Å². The molecule has 3 aromatic carbocycles. The Morgan fingerprint density at radius 2 is 1.56 bits per heavy atom. The molecule has 7 nitrogen and oxygen atoms in total. The van der Waals surface area contributed by atoms with Gasteiger partial charge in [0.2, 0.25) is 5.91 Å². The normalized spacial score (nSPS) is 13.0. The standard InChI is InChI=1S/C29H35N3O4/c1-18-12-13-23(16-19(18)2)25(32(7)27(34)20(3)30-28(35)36-29(4,5)6)26(33)31-24-15-14-21-10-8-9-11-22(21)17-24/h8-17,20,25H,1-7H3,(H,30,35)(H,31,33). The smallest absolute Gasteiger partial charge is 0.408 e. The van der Waals surface area contributed by atoms with Gasteiger partial charge in [0, 0.05) is 12.7 Å². The van der Waals surface area contributed by atoms with Crippen LogP contribution in [0.1, 0.15) is 50.4 Å². The maximum atomic E-state index is 13.6. The van der Waals surface area contributed by atoms with Crippen molar-refractivity contribution >= 4 is 34.4 Å². The Morgan fingerprint density at radius 1 is 0.889 bits per heavy atom. The molecule has 0 saturated carbocycles. The number of amides is 3. The lowest BCUT2D eigenvalue weighted by molar-refractivity contribution is -0.138. The fraction of sp³-hybridized carbons (Fsp3) is 0.345. The number of benzene rings is 3. The second kappa shape index (κ2) is 10.8. The van der Waals surface area contributed by atoms with Gasteiger partial charge in [0.05, 0.1) is 0 Å². The molecule has 0 saturated heterocycles. The minimum atomic E-state index is -0.911. The molecule has 0 radical (unpaired) electrons. The first kappa shape index (κ1) is 26.7. The highest BCUT2D eigenvalue weighted by molar-refractivity contribution is 6.00. The topological polar surface area (TPSA) is 87.7 Å². The number of alkyl carbamates (subject to hydrolysis) is 1. The Labute approximate surface area is 212 Å². The second-order valence-corrected chi connectivity index (χ2v) is 10.1. The third-order valence-electron chi connectivity index (χ3n) is 5.95. The van der Waals surface area contributed by atoms with Gasteiger partial charge in [0.1, 0.15) is 17.7 Å². The summed E-state index contributed by atoms with van der Waals surface area (Å²) >= 11 is 0. The molecule has 0 aromatic heterocycles. The monoisotopic (exact) mass is 489 g/mol. The van der Waals surface area contributed by atoms with Gasteiger partial charge in [-0.05, 0) is 81.1 Å². The highest BCUT2D eigenvalue weighted by Crippen LogP contribution is 2.26. The van der Waals surface area contributed by atoms with Gasteiger partial charge in [-0.25, -0.2) is 4.79 Å². The van der Waals surface area contributed by atoms with E-state index in [-0.39, 0.29) is 5.91 Å². The van der Waals surface area contributed by atoms with Crippen molar-refractivity contribution in [3.05, 3.63) is 77.4 Å². The molecule has 3 rings (SSSR count). The molecule has 2 N–H and O–H groups in total. The minimum Gasteiger partial charge on any atom is -0.444 e. The van der Waals surface area contributed by atoms with Crippen molar-refractivity contribution in [2.75, 3.05) is 12.4 Å². The zero-order chi connectivity index (χ0) is 26.6. The van der Waals surface area contributed by atoms with Crippen molar-refractivity contribution in [3.63, 3.8) is 0 Å². The fourth-order valence-corrected chi connectivity index (χ4v) is 3.94. The van der Waals surface area contributed by atoms with Crippen LogP contribution in [0.15, 0.2) is 60.7 Å². The van der Waals surface area contributed by atoms with Gasteiger partial charge < -0.3 is 20.3 Å². The van der Waals surface area contributed by atoms with E-state index in [1.165, 1.54) is 4.90 Å². The van der Waals surface area contributed by atoms with E-state index < -0.39 is 29.7 Å². The fourth-order valence-electron chi connectivity index (χ4n) is 3.94. The molecule has 2 atom stereocenters. The van der Waals surface area contributed by atoms with E-state index in [2.05, 4.69) is 10.6 Å². The number of carbonyl (C=O) groups excluding carboxylic acids is 3. The molecule has 2 unspecified atom stereocenters. The van der Waals surface area contributed by atoms with Crippen LogP contribution in [0.4, 0.5) is 10.5 Å². The highest BCUT2D eigenvalue weighted by Gasteiger charge is 2.32. The van der Waals surface area contributed by atoms with Crippen molar-refractivity contribution in [2.24, 2.45) is 0 Å². The van der Waals surface area contributed by atoms with Gasteiger partial charge in [0.15, 0.2) is 0 Å². The number of carbonyl (C=O) groups is 3. The third-order valence-corrected chi connectivity index (χ3v) is 5.95. The van der Waals surface area contributed by atoms with Gasteiger partial charge in [-0.3, -0.25) is 9.59 Å². The molecule has 0 aliphatic carbocycles. The van der Waals surface area contributed by atoms with Crippen molar-refractivity contribution in [3.8, 4) is 0 Å². The minimum absolute atomic E-state index is 0.353. The molecule has 7 heteroatoms. The summed E-state index contributed by atoms with van der Waals surface area (Å²) in [5.41, 5.74) is 2.71. The van der Waals surface area contributed by atoms with Crippen molar-refractivity contribution < 1.29 is 19.1 Å². The molecule has 0 heterocycles. The van der Waals surface area contributed by atoms with E-state index in [0.717, 1.165) is 21.9 Å². The lowest BCUT2D eigenvalue weighted by Gasteiger charge is -2.31. The van der Waals surface area contributed by atoms with Gasteiger partial charge in [0.25, 0.3) is 5.91 Å². The first-order valence-corrected chi connectivity index (χ1v) is 12.0. The van der Waals surface area contributed by atoms with E-state index in [1.807, 2.05) is 74.5 Å². The zero-order valence-corrected chi connectivity index (χ0v) is 22.0. The number of ether oxygens (including phenoxy) is 1. The molecule has 3 amide bonds. The van der Waals surface area contributed by atoms with Crippen LogP contribution in [0.25, 0.3) is 10.8 Å². The summed E-state index contributed by atoms with van der Waals surface area (Å²) in [5.74, 6) is -0.772. The van der Waals surface area contributed by atoms with Crippen LogP contribution in [0, 0.1) is 13.8 Å². The van der Waals surface area contributed by atoms with Crippen molar-refractivity contribution in [1.82, 2.24) is 10.2 Å². The SMILES string of the molecule is Cc1ccc(C(C(=O)Nc2ccc3ccccc3c2)N(C)C(=O)C(C)NC(=O)OC(C)(C)C)cc1C. The van der Waals surface area contributed by atoms with Crippen molar-refractivity contribution in [1.29, 1.82) is 0 Å². The Kier molecular flexibility index (Phi) is 8.03. The molecule has 0 fully saturated rings. The molecule has 0 aliphatic heterocycles. The summed E-state index contributed by atoms with van der Waals surface area (Å²) in [6, 6.07) is 17.5. The van der Waals surface area contributed by atoms with Crippen LogP contribution >= 0.6 is 0 Å². The Bertz CT molecular complexity index is 1280. The van der Waals surface area contributed by atoms with Crippen molar-refractivity contribution in [2.45, 2.75) is 59.2 Å².